The molecule has 2 aromatic carbocycles. The Kier molecular flexibility index (Phi) is 5.89. The van der Waals surface area contributed by atoms with E-state index in [4.69, 9.17) is 4.42 Å². The van der Waals surface area contributed by atoms with Gasteiger partial charge < -0.3 is 20.0 Å². The van der Waals surface area contributed by atoms with Gasteiger partial charge in [-0.25, -0.2) is 0 Å². The first-order valence-electron chi connectivity index (χ1n) is 8.71. The number of rotatable bonds is 7. The Labute approximate surface area is 157 Å². The van der Waals surface area contributed by atoms with E-state index in [0.29, 0.717) is 12.2 Å². The van der Waals surface area contributed by atoms with Crippen LogP contribution in [0.1, 0.15) is 17.5 Å². The fraction of sp³-hybridized carbons (Fsp3) is 0.143. The van der Waals surface area contributed by atoms with Crippen LogP contribution in [-0.2, 0) is 4.79 Å². The molecule has 0 radical (unpaired) electrons. The Hall–Kier alpha value is -3.54. The number of furan rings is 1. The molecule has 0 saturated heterocycles. The highest BCUT2D eigenvalue weighted by molar-refractivity contribution is 6.02. The normalized spacial score (nSPS) is 10.3. The molecule has 6 nitrogen and oxygen atoms in total. The highest BCUT2D eigenvalue weighted by Crippen LogP contribution is 2.17. The molecule has 0 bridgehead atoms. The van der Waals surface area contributed by atoms with Gasteiger partial charge in [-0.15, -0.1) is 0 Å². The summed E-state index contributed by atoms with van der Waals surface area (Å²) in [6.07, 6.45) is 1.45. The van der Waals surface area contributed by atoms with Gasteiger partial charge in [0, 0.05) is 23.6 Å². The van der Waals surface area contributed by atoms with Gasteiger partial charge in [0.05, 0.1) is 12.8 Å². The molecule has 3 rings (SSSR count). The van der Waals surface area contributed by atoms with Crippen LogP contribution in [0.5, 0.6) is 0 Å². The molecule has 0 atom stereocenters. The maximum Gasteiger partial charge on any atom is 0.291 e. The molecule has 2 amide bonds. The minimum absolute atomic E-state index is 0.0336. The van der Waals surface area contributed by atoms with Gasteiger partial charge in [0.15, 0.2) is 5.76 Å². The smallest absolute Gasteiger partial charge is 0.291 e. The first-order chi connectivity index (χ1) is 13.2. The first-order valence-corrected chi connectivity index (χ1v) is 8.71. The second-order valence-corrected chi connectivity index (χ2v) is 5.84. The van der Waals surface area contributed by atoms with Crippen molar-refractivity contribution in [1.29, 1.82) is 0 Å². The highest BCUT2D eigenvalue weighted by Gasteiger charge is 2.13. The number of carbonyl (C=O) groups excluding carboxylic acids is 2. The van der Waals surface area contributed by atoms with E-state index < -0.39 is 0 Å². The lowest BCUT2D eigenvalue weighted by atomic mass is 10.2. The Balaban J connectivity index is 1.61. The van der Waals surface area contributed by atoms with Gasteiger partial charge in [-0.2, -0.15) is 0 Å². The lowest BCUT2D eigenvalue weighted by Gasteiger charge is -2.21. The number of nitrogens with one attached hydrogen (secondary N) is 2. The van der Waals surface area contributed by atoms with Gasteiger partial charge in [-0.1, -0.05) is 24.3 Å². The second kappa shape index (κ2) is 8.71. The van der Waals surface area contributed by atoms with Crippen molar-refractivity contribution in [3.8, 4) is 0 Å². The van der Waals surface area contributed by atoms with E-state index in [9.17, 15) is 9.59 Å². The first kappa shape index (κ1) is 18.3. The van der Waals surface area contributed by atoms with Crippen molar-refractivity contribution in [3.63, 3.8) is 0 Å². The highest BCUT2D eigenvalue weighted by atomic mass is 16.3. The summed E-state index contributed by atoms with van der Waals surface area (Å²) >= 11 is 0. The summed E-state index contributed by atoms with van der Waals surface area (Å²) in [5.41, 5.74) is 2.22. The minimum Gasteiger partial charge on any atom is -0.459 e. The van der Waals surface area contributed by atoms with E-state index in [1.165, 1.54) is 6.26 Å². The summed E-state index contributed by atoms with van der Waals surface area (Å²) in [7, 11) is 0. The molecule has 6 heteroatoms. The molecule has 0 unspecified atom stereocenters. The molecular formula is C21H21N3O3. The van der Waals surface area contributed by atoms with E-state index in [1.54, 1.807) is 35.2 Å². The van der Waals surface area contributed by atoms with E-state index in [2.05, 4.69) is 10.6 Å². The van der Waals surface area contributed by atoms with E-state index in [1.807, 2.05) is 43.3 Å². The lowest BCUT2D eigenvalue weighted by molar-refractivity contribution is -0.116. The molecule has 0 spiro atoms. The number of anilines is 3. The zero-order chi connectivity index (χ0) is 19.1. The van der Waals surface area contributed by atoms with E-state index >= 15 is 0 Å². The van der Waals surface area contributed by atoms with Gasteiger partial charge in [0.1, 0.15) is 0 Å². The molecule has 3 aromatic rings. The molecule has 0 aliphatic carbocycles. The fourth-order valence-electron chi connectivity index (χ4n) is 2.69. The van der Waals surface area contributed by atoms with Gasteiger partial charge in [0.25, 0.3) is 5.91 Å². The number of benzene rings is 2. The van der Waals surface area contributed by atoms with Gasteiger partial charge >= 0.3 is 0 Å². The Morgan fingerprint density at radius 1 is 0.963 bits per heavy atom. The zero-order valence-corrected chi connectivity index (χ0v) is 15.0. The van der Waals surface area contributed by atoms with Crippen molar-refractivity contribution in [2.45, 2.75) is 6.92 Å². The van der Waals surface area contributed by atoms with Crippen molar-refractivity contribution in [3.05, 3.63) is 78.8 Å². The molecule has 138 valence electrons. The van der Waals surface area contributed by atoms with Crippen molar-refractivity contribution < 1.29 is 14.0 Å². The Bertz CT molecular complexity index is 892. The summed E-state index contributed by atoms with van der Waals surface area (Å²) < 4.78 is 5.08. The largest absolute Gasteiger partial charge is 0.459 e. The number of hydrogen-bond donors (Lipinski definition) is 2. The number of amides is 2. The van der Waals surface area contributed by atoms with Gasteiger partial charge in [0.2, 0.25) is 5.91 Å². The molecule has 0 fully saturated rings. The number of hydrogen-bond acceptors (Lipinski definition) is 4. The molecular weight excluding hydrogens is 342 g/mol. The van der Waals surface area contributed by atoms with Crippen LogP contribution in [0.4, 0.5) is 17.1 Å². The van der Waals surface area contributed by atoms with Crippen molar-refractivity contribution in [2.75, 3.05) is 28.6 Å². The number of likely N-dealkylation sites (N-methyl/N-ethyl adjacent to an activating group) is 1. The van der Waals surface area contributed by atoms with E-state index in [-0.39, 0.29) is 24.1 Å². The number of nitrogens with zero attached hydrogens (tertiary/aromatic N) is 1. The quantitative estimate of drug-likeness (QED) is 0.665. The van der Waals surface area contributed by atoms with Gasteiger partial charge in [-0.3, -0.25) is 9.59 Å². The third-order valence-corrected chi connectivity index (χ3v) is 3.99. The van der Waals surface area contributed by atoms with Crippen LogP contribution in [-0.4, -0.2) is 24.9 Å². The Morgan fingerprint density at radius 3 is 2.44 bits per heavy atom. The average Bonchev–Trinajstić information content (AvgIpc) is 3.23. The maximum atomic E-state index is 12.5. The summed E-state index contributed by atoms with van der Waals surface area (Å²) in [6.45, 7) is 2.68. The van der Waals surface area contributed by atoms with Crippen LogP contribution in [0.15, 0.2) is 77.4 Å². The predicted octanol–water partition coefficient (Wildman–Crippen LogP) is 4.00. The third-order valence-electron chi connectivity index (χ3n) is 3.99. The van der Waals surface area contributed by atoms with Crippen LogP contribution in [0, 0.1) is 0 Å². The summed E-state index contributed by atoms with van der Waals surface area (Å²) in [4.78, 5) is 26.3. The number of carbonyl (C=O) groups is 2. The molecule has 2 N–H and O–H groups in total. The Morgan fingerprint density at radius 2 is 1.74 bits per heavy atom. The van der Waals surface area contributed by atoms with Crippen molar-refractivity contribution in [2.24, 2.45) is 0 Å². The van der Waals surface area contributed by atoms with Crippen LogP contribution in [0.25, 0.3) is 0 Å². The summed E-state index contributed by atoms with van der Waals surface area (Å²) in [6, 6.07) is 20.0. The number of para-hydroxylation sites is 1. The molecule has 0 aliphatic rings. The van der Waals surface area contributed by atoms with Crippen molar-refractivity contribution >= 4 is 28.9 Å². The molecule has 27 heavy (non-hydrogen) atoms. The summed E-state index contributed by atoms with van der Waals surface area (Å²) in [5.74, 6) is -0.117. The standard InChI is InChI=1S/C21H21N3O3/c1-2-24(18-10-4-3-5-11-18)20(25)15-22-16-8-6-9-17(14-16)23-21(26)19-12-7-13-27-19/h3-14,22H,2,15H2,1H3,(H,23,26). The second-order valence-electron chi connectivity index (χ2n) is 5.84. The van der Waals surface area contributed by atoms with Crippen LogP contribution < -0.4 is 15.5 Å². The third kappa shape index (κ3) is 4.76. The van der Waals surface area contributed by atoms with E-state index in [0.717, 1.165) is 11.4 Å². The van der Waals surface area contributed by atoms with Crippen LogP contribution >= 0.6 is 0 Å². The minimum atomic E-state index is -0.325. The fourth-order valence-corrected chi connectivity index (χ4v) is 2.69. The zero-order valence-electron chi connectivity index (χ0n) is 15.0. The molecule has 1 aromatic heterocycles. The monoisotopic (exact) mass is 363 g/mol. The molecule has 0 saturated carbocycles. The van der Waals surface area contributed by atoms with Crippen LogP contribution in [0.3, 0.4) is 0 Å². The SMILES string of the molecule is CCN(C(=O)CNc1cccc(NC(=O)c2ccco2)c1)c1ccccc1. The van der Waals surface area contributed by atoms with Crippen LogP contribution in [0.2, 0.25) is 0 Å². The predicted molar refractivity (Wildman–Crippen MR) is 106 cm³/mol. The average molecular weight is 363 g/mol. The summed E-state index contributed by atoms with van der Waals surface area (Å²) in [5, 5.41) is 5.88. The topological polar surface area (TPSA) is 74.6 Å². The van der Waals surface area contributed by atoms with Gasteiger partial charge in [-0.05, 0) is 49.4 Å². The lowest BCUT2D eigenvalue weighted by Crippen LogP contribution is -2.35. The van der Waals surface area contributed by atoms with Crippen molar-refractivity contribution in [1.82, 2.24) is 0 Å². The molecule has 1 heterocycles. The molecule has 0 aliphatic heterocycles. The maximum absolute atomic E-state index is 12.5.